The monoisotopic (exact) mass is 275 g/mol. The first kappa shape index (κ1) is 14.2. The molecule has 0 amide bonds. The van der Waals surface area contributed by atoms with Crippen molar-refractivity contribution in [2.45, 2.75) is 32.9 Å². The summed E-state index contributed by atoms with van der Waals surface area (Å²) in [5.41, 5.74) is 8.32. The maximum Gasteiger partial charge on any atom is 0.107 e. The molecule has 0 aliphatic carbocycles. The Morgan fingerprint density at radius 2 is 2.05 bits per heavy atom. The number of aryl methyl sites for hydroxylation is 1. The summed E-state index contributed by atoms with van der Waals surface area (Å²) in [5.74, 6) is 0. The standard InChI is InChI=1S/C15H21N3S/c1-2-14-10-18-15(19-14)11-17-8-7-12-5-3-4-6-13(12)9-16/h3-6,10,17H,2,7-9,11,16H2,1H3. The van der Waals surface area contributed by atoms with Gasteiger partial charge in [0.05, 0.1) is 0 Å². The van der Waals surface area contributed by atoms with Gasteiger partial charge in [-0.3, -0.25) is 0 Å². The summed E-state index contributed by atoms with van der Waals surface area (Å²) in [7, 11) is 0. The van der Waals surface area contributed by atoms with Crippen LogP contribution in [0.1, 0.15) is 27.9 Å². The van der Waals surface area contributed by atoms with E-state index in [1.807, 2.05) is 12.3 Å². The van der Waals surface area contributed by atoms with E-state index < -0.39 is 0 Å². The molecular formula is C15H21N3S. The molecule has 0 saturated carbocycles. The molecule has 0 aliphatic heterocycles. The number of thiazole rings is 1. The lowest BCUT2D eigenvalue weighted by atomic mass is 10.0. The van der Waals surface area contributed by atoms with Gasteiger partial charge in [-0.2, -0.15) is 0 Å². The maximum absolute atomic E-state index is 5.74. The van der Waals surface area contributed by atoms with Crippen molar-refractivity contribution in [3.05, 3.63) is 51.5 Å². The second-order valence-corrected chi connectivity index (χ2v) is 5.67. The van der Waals surface area contributed by atoms with Crippen molar-refractivity contribution in [2.75, 3.05) is 6.54 Å². The number of hydrogen-bond donors (Lipinski definition) is 2. The molecule has 1 aromatic heterocycles. The first-order valence-corrected chi connectivity index (χ1v) is 7.56. The third kappa shape index (κ3) is 4.13. The Balaban J connectivity index is 1.77. The molecule has 4 heteroatoms. The van der Waals surface area contributed by atoms with Crippen LogP contribution in [0, 0.1) is 0 Å². The zero-order valence-corrected chi connectivity index (χ0v) is 12.2. The normalized spacial score (nSPS) is 10.8. The second-order valence-electron chi connectivity index (χ2n) is 4.47. The molecule has 2 rings (SSSR count). The van der Waals surface area contributed by atoms with Crippen LogP contribution >= 0.6 is 11.3 Å². The van der Waals surface area contributed by atoms with Crippen LogP contribution in [0.5, 0.6) is 0 Å². The number of benzene rings is 1. The topological polar surface area (TPSA) is 50.9 Å². The lowest BCUT2D eigenvalue weighted by Crippen LogP contribution is -2.17. The lowest BCUT2D eigenvalue weighted by Gasteiger charge is -2.07. The number of rotatable bonds is 7. The Labute approximate surface area is 118 Å². The van der Waals surface area contributed by atoms with Crippen LogP contribution in [0.2, 0.25) is 0 Å². The van der Waals surface area contributed by atoms with Crippen molar-refractivity contribution in [3.8, 4) is 0 Å². The maximum atomic E-state index is 5.74. The molecule has 3 nitrogen and oxygen atoms in total. The molecule has 1 heterocycles. The quantitative estimate of drug-likeness (QED) is 0.763. The van der Waals surface area contributed by atoms with Crippen LogP contribution in [0.25, 0.3) is 0 Å². The summed E-state index contributed by atoms with van der Waals surface area (Å²) >= 11 is 1.79. The molecule has 3 N–H and O–H groups in total. The van der Waals surface area contributed by atoms with Gasteiger partial charge in [-0.1, -0.05) is 31.2 Å². The van der Waals surface area contributed by atoms with Crippen molar-refractivity contribution < 1.29 is 0 Å². The zero-order valence-electron chi connectivity index (χ0n) is 11.4. The van der Waals surface area contributed by atoms with E-state index in [2.05, 4.69) is 35.4 Å². The summed E-state index contributed by atoms with van der Waals surface area (Å²) in [5, 5.41) is 4.62. The number of nitrogens with two attached hydrogens (primary N) is 1. The molecule has 2 aromatic rings. The van der Waals surface area contributed by atoms with Gasteiger partial charge in [-0.25, -0.2) is 4.98 Å². The molecule has 0 saturated heterocycles. The zero-order chi connectivity index (χ0) is 13.5. The highest BCUT2D eigenvalue weighted by molar-refractivity contribution is 7.11. The molecule has 0 radical (unpaired) electrons. The Hall–Kier alpha value is -1.23. The highest BCUT2D eigenvalue weighted by atomic mass is 32.1. The van der Waals surface area contributed by atoms with E-state index in [-0.39, 0.29) is 0 Å². The van der Waals surface area contributed by atoms with Crippen LogP contribution in [0.4, 0.5) is 0 Å². The third-order valence-corrected chi connectivity index (χ3v) is 4.28. The van der Waals surface area contributed by atoms with Crippen molar-refractivity contribution in [3.63, 3.8) is 0 Å². The highest BCUT2D eigenvalue weighted by Crippen LogP contribution is 2.13. The van der Waals surface area contributed by atoms with Crippen LogP contribution in [-0.2, 0) is 25.9 Å². The summed E-state index contributed by atoms with van der Waals surface area (Å²) < 4.78 is 0. The number of nitrogens with one attached hydrogen (secondary N) is 1. The van der Waals surface area contributed by atoms with Crippen molar-refractivity contribution >= 4 is 11.3 Å². The van der Waals surface area contributed by atoms with Gasteiger partial charge in [0.1, 0.15) is 5.01 Å². The molecule has 102 valence electrons. The Morgan fingerprint density at radius 1 is 1.26 bits per heavy atom. The van der Waals surface area contributed by atoms with Gasteiger partial charge in [-0.05, 0) is 30.5 Å². The molecule has 0 bridgehead atoms. The van der Waals surface area contributed by atoms with Crippen LogP contribution in [0.15, 0.2) is 30.5 Å². The Morgan fingerprint density at radius 3 is 2.74 bits per heavy atom. The van der Waals surface area contributed by atoms with Gasteiger partial charge in [0.2, 0.25) is 0 Å². The lowest BCUT2D eigenvalue weighted by molar-refractivity contribution is 0.681. The van der Waals surface area contributed by atoms with Crippen LogP contribution in [-0.4, -0.2) is 11.5 Å². The fourth-order valence-corrected chi connectivity index (χ4v) is 2.84. The largest absolute Gasteiger partial charge is 0.326 e. The Bertz CT molecular complexity index is 508. The van der Waals surface area contributed by atoms with E-state index in [1.54, 1.807) is 11.3 Å². The van der Waals surface area contributed by atoms with Crippen molar-refractivity contribution in [1.29, 1.82) is 0 Å². The fraction of sp³-hybridized carbons (Fsp3) is 0.400. The SMILES string of the molecule is CCc1cnc(CNCCc2ccccc2CN)s1. The molecule has 0 unspecified atom stereocenters. The predicted molar refractivity (Wildman–Crippen MR) is 81.2 cm³/mol. The van der Waals surface area contributed by atoms with Gasteiger partial charge in [0.25, 0.3) is 0 Å². The smallest absolute Gasteiger partial charge is 0.107 e. The predicted octanol–water partition coefficient (Wildman–Crippen LogP) is 2.50. The first-order chi connectivity index (χ1) is 9.33. The van der Waals surface area contributed by atoms with E-state index in [9.17, 15) is 0 Å². The molecule has 0 spiro atoms. The average Bonchev–Trinajstić information content (AvgIpc) is 2.92. The summed E-state index contributed by atoms with van der Waals surface area (Å²) in [6, 6.07) is 8.37. The van der Waals surface area contributed by atoms with Crippen LogP contribution in [0.3, 0.4) is 0 Å². The molecule has 0 aliphatic rings. The minimum absolute atomic E-state index is 0.614. The van der Waals surface area contributed by atoms with Gasteiger partial charge < -0.3 is 11.1 Å². The average molecular weight is 275 g/mol. The van der Waals surface area contributed by atoms with Gasteiger partial charge in [-0.15, -0.1) is 11.3 Å². The van der Waals surface area contributed by atoms with E-state index in [0.717, 1.165) is 25.9 Å². The van der Waals surface area contributed by atoms with E-state index in [4.69, 9.17) is 5.73 Å². The van der Waals surface area contributed by atoms with Gasteiger partial charge >= 0.3 is 0 Å². The number of aromatic nitrogens is 1. The van der Waals surface area contributed by atoms with Crippen molar-refractivity contribution in [1.82, 2.24) is 10.3 Å². The summed E-state index contributed by atoms with van der Waals surface area (Å²) in [6.45, 7) is 4.59. The third-order valence-electron chi connectivity index (χ3n) is 3.14. The summed E-state index contributed by atoms with van der Waals surface area (Å²) in [4.78, 5) is 5.75. The molecule has 1 aromatic carbocycles. The van der Waals surface area contributed by atoms with Gasteiger partial charge in [0.15, 0.2) is 0 Å². The molecule has 19 heavy (non-hydrogen) atoms. The van der Waals surface area contributed by atoms with E-state index >= 15 is 0 Å². The summed E-state index contributed by atoms with van der Waals surface area (Å²) in [6.07, 6.45) is 4.06. The number of hydrogen-bond acceptors (Lipinski definition) is 4. The molecule has 0 fully saturated rings. The minimum Gasteiger partial charge on any atom is -0.326 e. The Kier molecular flexibility index (Phi) is 5.51. The fourth-order valence-electron chi connectivity index (χ4n) is 2.01. The van der Waals surface area contributed by atoms with Crippen molar-refractivity contribution in [2.24, 2.45) is 5.73 Å². The molecular weight excluding hydrogens is 254 g/mol. The second kappa shape index (κ2) is 7.38. The van der Waals surface area contributed by atoms with Crippen LogP contribution < -0.4 is 11.1 Å². The first-order valence-electron chi connectivity index (χ1n) is 6.74. The van der Waals surface area contributed by atoms with Gasteiger partial charge in [0, 0.05) is 24.2 Å². The highest BCUT2D eigenvalue weighted by Gasteiger charge is 2.01. The molecule has 0 atom stereocenters. The number of nitrogens with zero attached hydrogens (tertiary/aromatic N) is 1. The minimum atomic E-state index is 0.614. The van der Waals surface area contributed by atoms with E-state index in [0.29, 0.717) is 6.54 Å². The van der Waals surface area contributed by atoms with E-state index in [1.165, 1.54) is 21.0 Å².